The molecule has 20 heavy (non-hydrogen) atoms. The fraction of sp³-hybridized carbons (Fsp3) is 0.533. The topological polar surface area (TPSA) is 50.4 Å². The van der Waals surface area contributed by atoms with Gasteiger partial charge >= 0.3 is 6.03 Å². The lowest BCUT2D eigenvalue weighted by Gasteiger charge is -2.18. The Kier molecular flexibility index (Phi) is 4.60. The highest BCUT2D eigenvalue weighted by atomic mass is 19.1. The molecule has 2 N–H and O–H groups in total. The van der Waals surface area contributed by atoms with Crippen LogP contribution in [0.15, 0.2) is 24.3 Å². The number of halogens is 1. The molecule has 1 fully saturated rings. The van der Waals surface area contributed by atoms with Crippen LogP contribution in [0.4, 0.5) is 9.18 Å². The second kappa shape index (κ2) is 6.22. The van der Waals surface area contributed by atoms with Crippen LogP contribution < -0.4 is 10.6 Å². The number of urea groups is 1. The molecule has 1 saturated carbocycles. The van der Waals surface area contributed by atoms with E-state index in [2.05, 4.69) is 10.6 Å². The lowest BCUT2D eigenvalue weighted by molar-refractivity contribution is 0.118. The highest BCUT2D eigenvalue weighted by molar-refractivity contribution is 5.74. The Bertz CT molecular complexity index is 475. The third kappa shape index (κ3) is 3.48. The van der Waals surface area contributed by atoms with Gasteiger partial charge < -0.3 is 15.4 Å². The van der Waals surface area contributed by atoms with E-state index in [1.807, 2.05) is 13.0 Å². The zero-order chi connectivity index (χ0) is 14.6. The van der Waals surface area contributed by atoms with E-state index < -0.39 is 0 Å². The van der Waals surface area contributed by atoms with E-state index in [0.29, 0.717) is 18.7 Å². The number of rotatable bonds is 6. The number of carbonyl (C=O) groups is 1. The zero-order valence-corrected chi connectivity index (χ0v) is 11.9. The minimum Gasteiger partial charge on any atom is -0.380 e. The normalized spacial score (nSPS) is 17.4. The van der Waals surface area contributed by atoms with Crippen LogP contribution in [0.3, 0.4) is 0 Å². The summed E-state index contributed by atoms with van der Waals surface area (Å²) in [5.41, 5.74) is 0.473. The molecule has 0 radical (unpaired) electrons. The van der Waals surface area contributed by atoms with Gasteiger partial charge in [-0.2, -0.15) is 0 Å². The van der Waals surface area contributed by atoms with Gasteiger partial charge in [-0.1, -0.05) is 18.2 Å². The van der Waals surface area contributed by atoms with Gasteiger partial charge in [-0.25, -0.2) is 9.18 Å². The first-order valence-electron chi connectivity index (χ1n) is 6.87. The molecule has 4 nitrogen and oxygen atoms in total. The van der Waals surface area contributed by atoms with Gasteiger partial charge in [-0.05, 0) is 31.4 Å². The Morgan fingerprint density at radius 2 is 2.10 bits per heavy atom. The van der Waals surface area contributed by atoms with Crippen molar-refractivity contribution in [2.75, 3.05) is 20.2 Å². The number of ether oxygens (including phenoxy) is 1. The van der Waals surface area contributed by atoms with Crippen LogP contribution in [-0.4, -0.2) is 32.3 Å². The molecule has 0 aliphatic heterocycles. The molecule has 0 saturated heterocycles. The van der Waals surface area contributed by atoms with Crippen LogP contribution in [-0.2, 0) is 10.2 Å². The van der Waals surface area contributed by atoms with Crippen LogP contribution >= 0.6 is 0 Å². The Morgan fingerprint density at radius 1 is 1.40 bits per heavy atom. The molecule has 1 aliphatic rings. The highest BCUT2D eigenvalue weighted by Gasteiger charge is 2.45. The lowest BCUT2D eigenvalue weighted by Crippen LogP contribution is -2.42. The molecule has 1 aromatic carbocycles. The van der Waals surface area contributed by atoms with E-state index in [1.165, 1.54) is 6.07 Å². The quantitative estimate of drug-likeness (QED) is 0.839. The van der Waals surface area contributed by atoms with Crippen molar-refractivity contribution in [1.29, 1.82) is 0 Å². The van der Waals surface area contributed by atoms with Gasteiger partial charge in [-0.15, -0.1) is 0 Å². The van der Waals surface area contributed by atoms with Crippen molar-refractivity contribution < 1.29 is 13.9 Å². The van der Waals surface area contributed by atoms with E-state index in [4.69, 9.17) is 4.74 Å². The lowest BCUT2D eigenvalue weighted by atomic mass is 9.95. The number of hydrogen-bond donors (Lipinski definition) is 2. The van der Waals surface area contributed by atoms with Gasteiger partial charge in [0.2, 0.25) is 0 Å². The molecule has 0 spiro atoms. The summed E-state index contributed by atoms with van der Waals surface area (Å²) in [6.45, 7) is 2.79. The van der Waals surface area contributed by atoms with Gasteiger partial charge in [0, 0.05) is 25.6 Å². The summed E-state index contributed by atoms with van der Waals surface area (Å²) in [5, 5.41) is 5.55. The van der Waals surface area contributed by atoms with Crippen molar-refractivity contribution in [2.45, 2.75) is 31.3 Å². The predicted molar refractivity (Wildman–Crippen MR) is 75.2 cm³/mol. The summed E-state index contributed by atoms with van der Waals surface area (Å²) in [4.78, 5) is 11.7. The molecule has 0 heterocycles. The molecular weight excluding hydrogens is 259 g/mol. The van der Waals surface area contributed by atoms with Crippen LogP contribution in [0.2, 0.25) is 0 Å². The number of carbonyl (C=O) groups excluding carboxylic acids is 1. The SMILES string of the molecule is CO[C@H](C)CNC(=O)NCC1(c2ccccc2F)CC1. The van der Waals surface area contributed by atoms with Crippen molar-refractivity contribution >= 4 is 6.03 Å². The maximum absolute atomic E-state index is 13.8. The Hall–Kier alpha value is -1.62. The summed E-state index contributed by atoms with van der Waals surface area (Å²) in [7, 11) is 1.60. The first-order chi connectivity index (χ1) is 9.57. The van der Waals surface area contributed by atoms with Crippen molar-refractivity contribution in [2.24, 2.45) is 0 Å². The first-order valence-corrected chi connectivity index (χ1v) is 6.87. The van der Waals surface area contributed by atoms with E-state index in [1.54, 1.807) is 19.2 Å². The zero-order valence-electron chi connectivity index (χ0n) is 11.9. The molecule has 2 rings (SSSR count). The summed E-state index contributed by atoms with van der Waals surface area (Å²) in [6.07, 6.45) is 1.79. The molecule has 1 atom stereocenters. The van der Waals surface area contributed by atoms with E-state index >= 15 is 0 Å². The molecule has 0 aromatic heterocycles. The van der Waals surface area contributed by atoms with Crippen molar-refractivity contribution in [3.05, 3.63) is 35.6 Å². The summed E-state index contributed by atoms with van der Waals surface area (Å²) in [6, 6.07) is 6.54. The molecule has 1 aliphatic carbocycles. The number of amides is 2. The number of hydrogen-bond acceptors (Lipinski definition) is 2. The minimum atomic E-state index is -0.239. The van der Waals surface area contributed by atoms with E-state index in [0.717, 1.165) is 12.8 Å². The number of benzene rings is 1. The molecule has 1 aromatic rings. The Labute approximate surface area is 118 Å². The first kappa shape index (κ1) is 14.8. The number of nitrogens with one attached hydrogen (secondary N) is 2. The fourth-order valence-electron chi connectivity index (χ4n) is 2.22. The van der Waals surface area contributed by atoms with Crippen molar-refractivity contribution in [1.82, 2.24) is 10.6 Å². The third-order valence-electron chi connectivity index (χ3n) is 3.84. The predicted octanol–water partition coefficient (Wildman–Crippen LogP) is 2.19. The van der Waals surface area contributed by atoms with Crippen molar-refractivity contribution in [3.63, 3.8) is 0 Å². The van der Waals surface area contributed by atoms with Crippen LogP contribution in [0.25, 0.3) is 0 Å². The van der Waals surface area contributed by atoms with Crippen molar-refractivity contribution in [3.8, 4) is 0 Å². The molecule has 0 bridgehead atoms. The standard InChI is InChI=1S/C15H21FN2O2/c1-11(20-2)9-17-14(19)18-10-15(7-8-15)12-5-3-4-6-13(12)16/h3-6,11H,7-10H2,1-2H3,(H2,17,18,19)/t11-/m1/s1. The fourth-order valence-corrected chi connectivity index (χ4v) is 2.22. The van der Waals surface area contributed by atoms with Gasteiger partial charge in [0.15, 0.2) is 0 Å². The average molecular weight is 280 g/mol. The summed E-state index contributed by atoms with van der Waals surface area (Å²) < 4.78 is 18.9. The molecule has 0 unspecified atom stereocenters. The van der Waals surface area contributed by atoms with E-state index in [-0.39, 0.29) is 23.4 Å². The highest BCUT2D eigenvalue weighted by Crippen LogP contribution is 2.48. The smallest absolute Gasteiger partial charge is 0.314 e. The Balaban J connectivity index is 1.85. The van der Waals surface area contributed by atoms with Gasteiger partial charge in [0.1, 0.15) is 5.82 Å². The maximum Gasteiger partial charge on any atom is 0.314 e. The minimum absolute atomic E-state index is 0.0257. The summed E-state index contributed by atoms with van der Waals surface area (Å²) in [5.74, 6) is -0.194. The average Bonchev–Trinajstić information content (AvgIpc) is 3.24. The van der Waals surface area contributed by atoms with E-state index in [9.17, 15) is 9.18 Å². The largest absolute Gasteiger partial charge is 0.380 e. The van der Waals surface area contributed by atoms with Crippen LogP contribution in [0.1, 0.15) is 25.3 Å². The van der Waals surface area contributed by atoms with Crippen LogP contribution in [0.5, 0.6) is 0 Å². The number of methoxy groups -OCH3 is 1. The monoisotopic (exact) mass is 280 g/mol. The second-order valence-corrected chi connectivity index (χ2v) is 5.37. The Morgan fingerprint density at radius 3 is 2.70 bits per heavy atom. The van der Waals surface area contributed by atoms with Gasteiger partial charge in [0.25, 0.3) is 0 Å². The third-order valence-corrected chi connectivity index (χ3v) is 3.84. The molecular formula is C15H21FN2O2. The van der Waals surface area contributed by atoms with Gasteiger partial charge in [0.05, 0.1) is 6.10 Å². The molecule has 110 valence electrons. The van der Waals surface area contributed by atoms with Gasteiger partial charge in [-0.3, -0.25) is 0 Å². The van der Waals surface area contributed by atoms with Crippen LogP contribution in [0, 0.1) is 5.82 Å². The second-order valence-electron chi connectivity index (χ2n) is 5.37. The molecule has 5 heteroatoms. The maximum atomic E-state index is 13.8. The summed E-state index contributed by atoms with van der Waals surface area (Å²) >= 11 is 0. The molecule has 2 amide bonds.